The molecular formula is C27H32N2O6. The molecule has 3 rings (SSSR count). The molecule has 0 spiro atoms. The Bertz CT molecular complexity index is 1100. The van der Waals surface area contributed by atoms with Crippen LogP contribution in [0.5, 0.6) is 5.75 Å². The number of aliphatic hydroxyl groups is 1. The number of aliphatic hydroxyl groups excluding tert-OH is 1. The Kier molecular flexibility index (Phi) is 8.65. The highest BCUT2D eigenvalue weighted by molar-refractivity contribution is 6.46. The summed E-state index contributed by atoms with van der Waals surface area (Å²) in [6.45, 7) is 8.88. The van der Waals surface area contributed by atoms with E-state index in [2.05, 4.69) is 4.90 Å². The third-order valence-corrected chi connectivity index (χ3v) is 6.16. The molecule has 1 aliphatic rings. The van der Waals surface area contributed by atoms with E-state index in [0.29, 0.717) is 42.1 Å². The van der Waals surface area contributed by atoms with E-state index in [-0.39, 0.29) is 11.3 Å². The summed E-state index contributed by atoms with van der Waals surface area (Å²) in [5.41, 5.74) is 1.35. The average molecular weight is 481 g/mol. The number of likely N-dealkylation sites (N-methyl/N-ethyl adjacent to an activating group) is 1. The highest BCUT2D eigenvalue weighted by Crippen LogP contribution is 2.39. The Morgan fingerprint density at radius 3 is 2.31 bits per heavy atom. The van der Waals surface area contributed by atoms with Gasteiger partial charge >= 0.3 is 5.97 Å². The molecule has 1 N–H and O–H groups in total. The van der Waals surface area contributed by atoms with Gasteiger partial charge in [-0.15, -0.1) is 0 Å². The monoisotopic (exact) mass is 480 g/mol. The van der Waals surface area contributed by atoms with E-state index < -0.39 is 23.7 Å². The van der Waals surface area contributed by atoms with E-state index >= 15 is 0 Å². The zero-order valence-corrected chi connectivity index (χ0v) is 20.6. The summed E-state index contributed by atoms with van der Waals surface area (Å²) in [6.07, 6.45) is 0. The number of Topliss-reactive ketones (excluding diaryl/α,β-unsaturated/α-hetero) is 1. The van der Waals surface area contributed by atoms with Crippen molar-refractivity contribution in [1.29, 1.82) is 0 Å². The minimum absolute atomic E-state index is 0.00835. The van der Waals surface area contributed by atoms with Crippen LogP contribution in [0.2, 0.25) is 0 Å². The normalized spacial score (nSPS) is 17.2. The number of esters is 1. The minimum atomic E-state index is -0.798. The molecule has 0 saturated carbocycles. The number of carbonyl (C=O) groups excluding carboxylic acids is 3. The minimum Gasteiger partial charge on any atom is -0.507 e. The summed E-state index contributed by atoms with van der Waals surface area (Å²) in [5.74, 6) is -1.61. The van der Waals surface area contributed by atoms with Crippen molar-refractivity contribution >= 4 is 23.4 Å². The third-order valence-electron chi connectivity index (χ3n) is 6.16. The number of ketones is 1. The van der Waals surface area contributed by atoms with Gasteiger partial charge in [-0.2, -0.15) is 0 Å². The van der Waals surface area contributed by atoms with Gasteiger partial charge < -0.3 is 24.4 Å². The molecule has 1 heterocycles. The lowest BCUT2D eigenvalue weighted by molar-refractivity contribution is -0.140. The summed E-state index contributed by atoms with van der Waals surface area (Å²) < 4.78 is 10.3. The van der Waals surface area contributed by atoms with Crippen LogP contribution in [0.15, 0.2) is 54.1 Å². The van der Waals surface area contributed by atoms with Crippen LogP contribution in [0.1, 0.15) is 48.3 Å². The summed E-state index contributed by atoms with van der Waals surface area (Å²) >= 11 is 0. The smallest absolute Gasteiger partial charge is 0.337 e. The van der Waals surface area contributed by atoms with E-state index in [1.54, 1.807) is 48.5 Å². The van der Waals surface area contributed by atoms with Crippen LogP contribution in [-0.2, 0) is 14.3 Å². The number of benzene rings is 2. The van der Waals surface area contributed by atoms with E-state index in [0.717, 1.165) is 13.1 Å². The van der Waals surface area contributed by atoms with Crippen LogP contribution in [0.4, 0.5) is 0 Å². The maximum absolute atomic E-state index is 13.2. The first-order valence-corrected chi connectivity index (χ1v) is 11.8. The molecule has 8 heteroatoms. The molecule has 0 aromatic heterocycles. The van der Waals surface area contributed by atoms with E-state index in [9.17, 15) is 19.5 Å². The van der Waals surface area contributed by atoms with Crippen molar-refractivity contribution in [3.8, 4) is 5.75 Å². The Hall–Kier alpha value is -3.65. The largest absolute Gasteiger partial charge is 0.507 e. The first-order valence-electron chi connectivity index (χ1n) is 11.8. The molecule has 0 bridgehead atoms. The number of nitrogens with zero attached hydrogens (tertiary/aromatic N) is 2. The van der Waals surface area contributed by atoms with Gasteiger partial charge in [-0.25, -0.2) is 4.79 Å². The summed E-state index contributed by atoms with van der Waals surface area (Å²) in [6, 6.07) is 12.5. The van der Waals surface area contributed by atoms with Crippen LogP contribution in [0.3, 0.4) is 0 Å². The molecule has 1 unspecified atom stereocenters. The van der Waals surface area contributed by atoms with Crippen molar-refractivity contribution in [3.05, 3.63) is 70.8 Å². The molecule has 1 atom stereocenters. The van der Waals surface area contributed by atoms with Crippen LogP contribution < -0.4 is 4.74 Å². The van der Waals surface area contributed by atoms with Crippen molar-refractivity contribution in [2.45, 2.75) is 26.8 Å². The van der Waals surface area contributed by atoms with Crippen molar-refractivity contribution in [2.24, 2.45) is 0 Å². The Morgan fingerprint density at radius 1 is 1.03 bits per heavy atom. The van der Waals surface area contributed by atoms with Crippen LogP contribution in [0, 0.1) is 0 Å². The number of hydrogen-bond donors (Lipinski definition) is 1. The zero-order valence-electron chi connectivity index (χ0n) is 20.6. The second-order valence-corrected chi connectivity index (χ2v) is 8.09. The summed E-state index contributed by atoms with van der Waals surface area (Å²) in [4.78, 5) is 41.9. The maximum atomic E-state index is 13.2. The van der Waals surface area contributed by atoms with Gasteiger partial charge in [0.05, 0.1) is 30.9 Å². The number of methoxy groups -OCH3 is 1. The predicted molar refractivity (Wildman–Crippen MR) is 132 cm³/mol. The molecule has 8 nitrogen and oxygen atoms in total. The van der Waals surface area contributed by atoms with Gasteiger partial charge in [0, 0.05) is 18.7 Å². The van der Waals surface area contributed by atoms with Gasteiger partial charge in [0.15, 0.2) is 0 Å². The molecule has 0 aliphatic carbocycles. The number of ether oxygens (including phenoxy) is 2. The molecule has 186 valence electrons. The Balaban J connectivity index is 2.10. The van der Waals surface area contributed by atoms with Crippen LogP contribution >= 0.6 is 0 Å². The predicted octanol–water partition coefficient (Wildman–Crippen LogP) is 3.64. The van der Waals surface area contributed by atoms with Crippen molar-refractivity contribution in [2.75, 3.05) is 39.9 Å². The van der Waals surface area contributed by atoms with Crippen LogP contribution in [0.25, 0.3) is 5.76 Å². The average Bonchev–Trinajstić information content (AvgIpc) is 3.13. The first-order chi connectivity index (χ1) is 16.9. The lowest BCUT2D eigenvalue weighted by Crippen LogP contribution is -2.38. The second-order valence-electron chi connectivity index (χ2n) is 8.09. The molecule has 1 fully saturated rings. The number of rotatable bonds is 10. The molecular weight excluding hydrogens is 448 g/mol. The summed E-state index contributed by atoms with van der Waals surface area (Å²) in [7, 11) is 1.30. The van der Waals surface area contributed by atoms with Crippen molar-refractivity contribution in [3.63, 3.8) is 0 Å². The molecule has 1 aliphatic heterocycles. The highest BCUT2D eigenvalue weighted by atomic mass is 16.5. The fourth-order valence-corrected chi connectivity index (χ4v) is 4.22. The van der Waals surface area contributed by atoms with Gasteiger partial charge in [0.1, 0.15) is 11.5 Å². The van der Waals surface area contributed by atoms with Gasteiger partial charge in [-0.3, -0.25) is 9.59 Å². The van der Waals surface area contributed by atoms with Crippen LogP contribution in [-0.4, -0.2) is 72.5 Å². The van der Waals surface area contributed by atoms with E-state index in [1.807, 2.05) is 20.8 Å². The van der Waals surface area contributed by atoms with E-state index in [4.69, 9.17) is 9.47 Å². The highest BCUT2D eigenvalue weighted by Gasteiger charge is 2.46. The van der Waals surface area contributed by atoms with Gasteiger partial charge in [-0.05, 0) is 49.8 Å². The fraction of sp³-hybridized carbons (Fsp3) is 0.370. The lowest BCUT2D eigenvalue weighted by Gasteiger charge is -2.28. The quantitative estimate of drug-likeness (QED) is 0.240. The van der Waals surface area contributed by atoms with E-state index in [1.165, 1.54) is 12.0 Å². The molecule has 1 saturated heterocycles. The zero-order chi connectivity index (χ0) is 25.5. The molecule has 0 radical (unpaired) electrons. The fourth-order valence-electron chi connectivity index (χ4n) is 4.22. The number of likely N-dealkylation sites (tertiary alicyclic amines) is 1. The molecule has 2 aromatic rings. The van der Waals surface area contributed by atoms with Gasteiger partial charge in [0.25, 0.3) is 11.7 Å². The Labute approximate surface area is 205 Å². The van der Waals surface area contributed by atoms with Gasteiger partial charge in [-0.1, -0.05) is 38.1 Å². The third kappa shape index (κ3) is 5.54. The molecule has 1 amide bonds. The molecule has 35 heavy (non-hydrogen) atoms. The number of carbonyl (C=O) groups is 3. The number of amides is 1. The Morgan fingerprint density at radius 2 is 1.71 bits per heavy atom. The number of hydrogen-bond acceptors (Lipinski definition) is 7. The molecule has 2 aromatic carbocycles. The van der Waals surface area contributed by atoms with Crippen molar-refractivity contribution < 1.29 is 29.0 Å². The second kappa shape index (κ2) is 11.7. The lowest BCUT2D eigenvalue weighted by atomic mass is 9.94. The van der Waals surface area contributed by atoms with Crippen molar-refractivity contribution in [1.82, 2.24) is 9.80 Å². The maximum Gasteiger partial charge on any atom is 0.337 e. The topological polar surface area (TPSA) is 96.4 Å². The first kappa shape index (κ1) is 26.0. The SMILES string of the molecule is CCOc1cccc(/C(O)=C2\C(=O)C(=O)N(CCN(CC)CC)C2c2ccc(C(=O)OC)cc2)c1. The van der Waals surface area contributed by atoms with Gasteiger partial charge in [0.2, 0.25) is 0 Å². The summed E-state index contributed by atoms with van der Waals surface area (Å²) in [5, 5.41) is 11.2. The standard InChI is InChI=1S/C27H32N2O6/c1-5-28(6-2)15-16-29-23(18-11-13-19(14-12-18)27(33)34-4)22(25(31)26(29)32)24(30)20-9-8-10-21(17-20)35-7-3/h8-14,17,23,30H,5-7,15-16H2,1-4H3/b24-22+.